The van der Waals surface area contributed by atoms with Crippen LogP contribution >= 0.6 is 0 Å². The topological polar surface area (TPSA) is 154 Å². The summed E-state index contributed by atoms with van der Waals surface area (Å²) in [7, 11) is 1.31. The lowest BCUT2D eigenvalue weighted by molar-refractivity contribution is -0.256. The monoisotopic (exact) mass is 720 g/mol. The Hall–Kier alpha value is -4.45. The first kappa shape index (κ1) is 37.3. The third-order valence-electron chi connectivity index (χ3n) is 12.5. The highest BCUT2D eigenvalue weighted by Crippen LogP contribution is 2.72. The molecule has 3 fully saturated rings. The molecule has 0 N–H and O–H groups in total. The highest BCUT2D eigenvalue weighted by atomic mass is 16.6. The average Bonchev–Trinajstić information content (AvgIpc) is 3.82. The van der Waals surface area contributed by atoms with Crippen molar-refractivity contribution in [1.82, 2.24) is 0 Å². The van der Waals surface area contributed by atoms with Crippen LogP contribution in [0.1, 0.15) is 89.6 Å². The first-order chi connectivity index (χ1) is 24.6. The van der Waals surface area contributed by atoms with Crippen LogP contribution in [0.5, 0.6) is 0 Å². The third-order valence-corrected chi connectivity index (χ3v) is 12.5. The molecule has 11 atom stereocenters. The largest absolute Gasteiger partial charge is 0.472 e. The maximum atomic E-state index is 14.2. The third kappa shape index (κ3) is 6.02. The molecule has 12 heteroatoms. The summed E-state index contributed by atoms with van der Waals surface area (Å²) in [4.78, 5) is 66.1. The Kier molecular flexibility index (Phi) is 9.93. The van der Waals surface area contributed by atoms with Crippen molar-refractivity contribution < 1.29 is 56.8 Å². The molecule has 0 radical (unpaired) electrons. The van der Waals surface area contributed by atoms with E-state index in [1.807, 2.05) is 33.8 Å². The highest BCUT2D eigenvalue weighted by Gasteiger charge is 2.77. The molecular weight excluding hydrogens is 672 g/mol. The van der Waals surface area contributed by atoms with E-state index in [0.717, 1.165) is 11.1 Å². The quantitative estimate of drug-likeness (QED) is 0.176. The van der Waals surface area contributed by atoms with Gasteiger partial charge in [-0.1, -0.05) is 44.5 Å². The normalized spacial score (nSPS) is 36.4. The number of carbonyl (C=O) groups is 5. The van der Waals surface area contributed by atoms with Gasteiger partial charge in [0.1, 0.15) is 24.4 Å². The Morgan fingerprint density at radius 2 is 1.50 bits per heavy atom. The molecule has 280 valence electrons. The van der Waals surface area contributed by atoms with Gasteiger partial charge < -0.3 is 32.8 Å². The van der Waals surface area contributed by atoms with E-state index in [2.05, 4.69) is 0 Å². The van der Waals surface area contributed by atoms with Gasteiger partial charge in [0.2, 0.25) is 0 Å². The molecule has 1 aliphatic heterocycles. The molecule has 1 aromatic carbocycles. The van der Waals surface area contributed by atoms with Gasteiger partial charge >= 0.3 is 29.8 Å². The molecular formula is C40H48O12. The summed E-state index contributed by atoms with van der Waals surface area (Å²) in [5.74, 6) is -4.22. The molecule has 0 spiro atoms. The van der Waals surface area contributed by atoms with Crippen molar-refractivity contribution >= 4 is 29.8 Å². The molecule has 12 nitrogen and oxygen atoms in total. The molecule has 2 aromatic rings. The number of methoxy groups -OCH3 is 1. The van der Waals surface area contributed by atoms with E-state index in [0.29, 0.717) is 17.6 Å². The van der Waals surface area contributed by atoms with Gasteiger partial charge in [-0.3, -0.25) is 19.2 Å². The van der Waals surface area contributed by atoms with Crippen LogP contribution in [0.15, 0.2) is 64.5 Å². The van der Waals surface area contributed by atoms with Crippen LogP contribution in [0, 0.1) is 28.1 Å². The molecule has 1 saturated heterocycles. The minimum absolute atomic E-state index is 0.131. The number of hydrogen-bond acceptors (Lipinski definition) is 12. The average molecular weight is 721 g/mol. The van der Waals surface area contributed by atoms with E-state index in [1.165, 1.54) is 27.9 Å². The van der Waals surface area contributed by atoms with Gasteiger partial charge in [-0.2, -0.15) is 0 Å². The highest BCUT2D eigenvalue weighted by molar-refractivity contribution is 5.89. The lowest BCUT2D eigenvalue weighted by Gasteiger charge is -2.66. The zero-order chi connectivity index (χ0) is 37.7. The molecule has 2 heterocycles. The lowest BCUT2D eigenvalue weighted by Crippen LogP contribution is -2.72. The summed E-state index contributed by atoms with van der Waals surface area (Å²) in [5.41, 5.74) is -0.441. The fourth-order valence-electron chi connectivity index (χ4n) is 10.6. The van der Waals surface area contributed by atoms with Crippen molar-refractivity contribution in [2.24, 2.45) is 28.1 Å². The van der Waals surface area contributed by atoms with Crippen LogP contribution in [0.2, 0.25) is 0 Å². The van der Waals surface area contributed by atoms with Crippen LogP contribution in [-0.2, 0) is 47.6 Å². The predicted molar refractivity (Wildman–Crippen MR) is 183 cm³/mol. The van der Waals surface area contributed by atoms with Crippen molar-refractivity contribution in [1.29, 1.82) is 0 Å². The van der Waals surface area contributed by atoms with Gasteiger partial charge in [0.05, 0.1) is 37.9 Å². The Labute approximate surface area is 303 Å². The van der Waals surface area contributed by atoms with Crippen LogP contribution in [-0.4, -0.2) is 74.1 Å². The molecule has 4 aliphatic rings. The minimum atomic E-state index is -1.28. The van der Waals surface area contributed by atoms with Crippen molar-refractivity contribution in [2.75, 3.05) is 13.7 Å². The summed E-state index contributed by atoms with van der Waals surface area (Å²) in [6.45, 7) is 12.0. The van der Waals surface area contributed by atoms with Gasteiger partial charge in [-0.25, -0.2) is 4.79 Å². The Morgan fingerprint density at radius 1 is 0.846 bits per heavy atom. The molecule has 3 aliphatic carbocycles. The van der Waals surface area contributed by atoms with Gasteiger partial charge in [-0.05, 0) is 48.6 Å². The van der Waals surface area contributed by atoms with E-state index in [9.17, 15) is 24.0 Å². The second-order valence-corrected chi connectivity index (χ2v) is 15.4. The standard InChI is InChI=1S/C40H48O12/c1-21-27(26-14-15-47-19-26)16-28(49-22(2)41)33(21)40(7)29(17-32(44)46-8)39(6)31(51-24(4)43)18-30(50-23(3)42)38(5)20-48-34(35(38)39)36(40)52-37(45)25-12-10-9-11-13-25/h9-15,19,27-31,34-36H,16-18,20H2,1-8H3/t27-,28+,29-,30-,31+,34-,35+,36-,38-,39+,40-/m1/s1. The fraction of sp³-hybridized carbons (Fsp3) is 0.575. The second-order valence-electron chi connectivity index (χ2n) is 15.4. The Morgan fingerprint density at radius 3 is 2.10 bits per heavy atom. The van der Waals surface area contributed by atoms with Gasteiger partial charge in [0, 0.05) is 61.7 Å². The molecule has 1 aromatic heterocycles. The number of esters is 5. The summed E-state index contributed by atoms with van der Waals surface area (Å²) >= 11 is 0. The van der Waals surface area contributed by atoms with Crippen molar-refractivity contribution in [3.8, 4) is 0 Å². The number of rotatable bonds is 9. The van der Waals surface area contributed by atoms with Crippen LogP contribution in [0.3, 0.4) is 0 Å². The molecule has 52 heavy (non-hydrogen) atoms. The SMILES string of the molecule is COC(=O)C[C@H]1[C@](C)(C2=C(C)[C@H](c3ccoc3)C[C@@H]2OC(C)=O)[C@H](OC(=O)c2ccccc2)[C@@H]2OC[C@]3(C)[C@H](OC(C)=O)C[C@H](OC(C)=O)[C@@]1(C)[C@@H]23. The summed E-state index contributed by atoms with van der Waals surface area (Å²) in [6.07, 6.45) is -0.670. The van der Waals surface area contributed by atoms with Gasteiger partial charge in [0.15, 0.2) is 0 Å². The van der Waals surface area contributed by atoms with Crippen molar-refractivity contribution in [3.05, 3.63) is 71.2 Å². The molecule has 0 amide bonds. The first-order valence-electron chi connectivity index (χ1n) is 17.8. The smallest absolute Gasteiger partial charge is 0.338 e. The summed E-state index contributed by atoms with van der Waals surface area (Å²) in [6, 6.07) is 10.4. The Bertz CT molecular complexity index is 1750. The van der Waals surface area contributed by atoms with E-state index in [-0.39, 0.29) is 25.4 Å². The Balaban J connectivity index is 1.65. The number of ether oxygens (including phenoxy) is 6. The maximum Gasteiger partial charge on any atom is 0.338 e. The van der Waals surface area contributed by atoms with Crippen molar-refractivity contribution in [2.45, 2.75) is 104 Å². The molecule has 2 saturated carbocycles. The zero-order valence-corrected chi connectivity index (χ0v) is 31.0. The first-order valence-corrected chi connectivity index (χ1v) is 17.8. The van der Waals surface area contributed by atoms with Gasteiger partial charge in [-0.15, -0.1) is 0 Å². The van der Waals surface area contributed by atoms with E-state index >= 15 is 0 Å². The number of allylic oxidation sites excluding steroid dienone is 1. The summed E-state index contributed by atoms with van der Waals surface area (Å²) in [5, 5.41) is 0. The fourth-order valence-corrected chi connectivity index (χ4v) is 10.6. The summed E-state index contributed by atoms with van der Waals surface area (Å²) < 4.78 is 42.5. The number of furan rings is 1. The lowest BCUT2D eigenvalue weighted by atomic mass is 9.39. The van der Waals surface area contributed by atoms with E-state index < -0.39 is 88.4 Å². The van der Waals surface area contributed by atoms with Crippen LogP contribution in [0.4, 0.5) is 0 Å². The van der Waals surface area contributed by atoms with Crippen LogP contribution in [0.25, 0.3) is 0 Å². The van der Waals surface area contributed by atoms with Crippen LogP contribution < -0.4 is 0 Å². The van der Waals surface area contributed by atoms with E-state index in [1.54, 1.807) is 42.9 Å². The number of carbonyl (C=O) groups excluding carboxylic acids is 5. The zero-order valence-electron chi connectivity index (χ0n) is 31.0. The minimum Gasteiger partial charge on any atom is -0.472 e. The van der Waals surface area contributed by atoms with Gasteiger partial charge in [0.25, 0.3) is 0 Å². The van der Waals surface area contributed by atoms with Crippen molar-refractivity contribution in [3.63, 3.8) is 0 Å². The maximum absolute atomic E-state index is 14.2. The second kappa shape index (κ2) is 13.8. The molecule has 0 unspecified atom stereocenters. The molecule has 0 bridgehead atoms. The molecule has 6 rings (SSSR count). The number of benzene rings is 1. The van der Waals surface area contributed by atoms with E-state index in [4.69, 9.17) is 32.8 Å². The predicted octanol–water partition coefficient (Wildman–Crippen LogP) is 5.73. The number of hydrogen-bond donors (Lipinski definition) is 0.